The molecule has 0 aliphatic carbocycles. The van der Waals surface area contributed by atoms with Crippen molar-refractivity contribution in [2.24, 2.45) is 11.8 Å². The van der Waals surface area contributed by atoms with Crippen LogP contribution < -0.4 is 10.6 Å². The summed E-state index contributed by atoms with van der Waals surface area (Å²) >= 11 is 0. The topological polar surface area (TPSA) is 54.0 Å². The molecule has 4 nitrogen and oxygen atoms in total. The molecule has 1 aliphatic heterocycles. The van der Waals surface area contributed by atoms with Crippen molar-refractivity contribution in [3.63, 3.8) is 0 Å². The zero-order valence-corrected chi connectivity index (χ0v) is 10.6. The molecule has 92 valence electrons. The summed E-state index contributed by atoms with van der Waals surface area (Å²) in [5.41, 5.74) is 2.66. The van der Waals surface area contributed by atoms with Gasteiger partial charge >= 0.3 is 0 Å². The number of hydrogen-bond donors (Lipinski definition) is 2. The van der Waals surface area contributed by atoms with Gasteiger partial charge in [-0.3, -0.25) is 9.78 Å². The minimum atomic E-state index is 0.0655. The molecule has 0 radical (unpaired) electrons. The molecule has 1 amide bonds. The van der Waals surface area contributed by atoms with Crippen molar-refractivity contribution in [1.82, 2.24) is 10.3 Å². The number of anilines is 1. The first kappa shape index (κ1) is 12.0. The number of nitrogens with one attached hydrogen (secondary N) is 2. The van der Waals surface area contributed by atoms with E-state index in [0.29, 0.717) is 5.92 Å². The normalized spacial score (nSPS) is 23.7. The smallest absolute Gasteiger partial charge is 0.229 e. The maximum absolute atomic E-state index is 12.1. The molecule has 4 heteroatoms. The summed E-state index contributed by atoms with van der Waals surface area (Å²) in [6.45, 7) is 7.65. The largest absolute Gasteiger partial charge is 0.324 e. The van der Waals surface area contributed by atoms with Gasteiger partial charge in [0.2, 0.25) is 5.91 Å². The van der Waals surface area contributed by atoms with Crippen molar-refractivity contribution in [1.29, 1.82) is 0 Å². The molecule has 0 spiro atoms. The standard InChI is InChI=1S/C13H19N3O/c1-8-6-14-7-11(8)13(17)16-12-5-4-9(2)15-10(12)3/h4-5,8,11,14H,6-7H2,1-3H3,(H,16,17). The van der Waals surface area contributed by atoms with Crippen LogP contribution in [0.1, 0.15) is 18.3 Å². The third kappa shape index (κ3) is 2.64. The van der Waals surface area contributed by atoms with Gasteiger partial charge in [0, 0.05) is 12.2 Å². The van der Waals surface area contributed by atoms with Crippen LogP contribution in [0.3, 0.4) is 0 Å². The highest BCUT2D eigenvalue weighted by atomic mass is 16.1. The molecule has 17 heavy (non-hydrogen) atoms. The summed E-state index contributed by atoms with van der Waals surface area (Å²) in [7, 11) is 0. The van der Waals surface area contributed by atoms with E-state index in [1.165, 1.54) is 0 Å². The Kier molecular flexibility index (Phi) is 3.43. The second kappa shape index (κ2) is 4.84. The van der Waals surface area contributed by atoms with Gasteiger partial charge in [-0.2, -0.15) is 0 Å². The zero-order chi connectivity index (χ0) is 12.4. The second-order valence-electron chi connectivity index (χ2n) is 4.82. The molecule has 2 rings (SSSR count). The lowest BCUT2D eigenvalue weighted by atomic mass is 9.97. The van der Waals surface area contributed by atoms with Gasteiger partial charge in [0.15, 0.2) is 0 Å². The van der Waals surface area contributed by atoms with Crippen LogP contribution in [0.2, 0.25) is 0 Å². The molecule has 0 bridgehead atoms. The molecule has 1 aliphatic rings. The van der Waals surface area contributed by atoms with Gasteiger partial charge in [-0.1, -0.05) is 6.92 Å². The summed E-state index contributed by atoms with van der Waals surface area (Å²) in [5.74, 6) is 0.556. The highest BCUT2D eigenvalue weighted by molar-refractivity contribution is 5.93. The maximum Gasteiger partial charge on any atom is 0.229 e. The van der Waals surface area contributed by atoms with E-state index in [1.807, 2.05) is 26.0 Å². The Labute approximate surface area is 102 Å². The monoisotopic (exact) mass is 233 g/mol. The summed E-state index contributed by atoms with van der Waals surface area (Å²) in [6, 6.07) is 3.83. The Morgan fingerprint density at radius 3 is 2.76 bits per heavy atom. The van der Waals surface area contributed by atoms with E-state index in [0.717, 1.165) is 30.2 Å². The summed E-state index contributed by atoms with van der Waals surface area (Å²) in [5, 5.41) is 6.20. The van der Waals surface area contributed by atoms with Crippen LogP contribution in [0.4, 0.5) is 5.69 Å². The molecule has 1 fully saturated rings. The van der Waals surface area contributed by atoms with Gasteiger partial charge in [0.25, 0.3) is 0 Å². The van der Waals surface area contributed by atoms with Gasteiger partial charge in [0.1, 0.15) is 0 Å². The molecule has 1 saturated heterocycles. The Bertz CT molecular complexity index is 431. The van der Waals surface area contributed by atoms with Crippen LogP contribution in [0.15, 0.2) is 12.1 Å². The molecule has 2 heterocycles. The average molecular weight is 233 g/mol. The molecule has 0 aromatic carbocycles. The Hall–Kier alpha value is -1.42. The van der Waals surface area contributed by atoms with Crippen LogP contribution >= 0.6 is 0 Å². The van der Waals surface area contributed by atoms with Gasteiger partial charge < -0.3 is 10.6 Å². The van der Waals surface area contributed by atoms with E-state index in [-0.39, 0.29) is 11.8 Å². The fourth-order valence-electron chi connectivity index (χ4n) is 2.21. The van der Waals surface area contributed by atoms with E-state index in [4.69, 9.17) is 0 Å². The zero-order valence-electron chi connectivity index (χ0n) is 10.6. The third-order valence-electron chi connectivity index (χ3n) is 3.34. The minimum absolute atomic E-state index is 0.0655. The average Bonchev–Trinajstić information content (AvgIpc) is 2.68. The van der Waals surface area contributed by atoms with Crippen LogP contribution in [-0.4, -0.2) is 24.0 Å². The molecule has 2 atom stereocenters. The summed E-state index contributed by atoms with van der Waals surface area (Å²) in [4.78, 5) is 16.4. The number of carbonyl (C=O) groups excluding carboxylic acids is 1. The highest BCUT2D eigenvalue weighted by Crippen LogP contribution is 2.19. The number of amides is 1. The van der Waals surface area contributed by atoms with Crippen LogP contribution in [-0.2, 0) is 4.79 Å². The number of rotatable bonds is 2. The molecule has 1 aromatic heterocycles. The molecule has 2 unspecified atom stereocenters. The van der Waals surface area contributed by atoms with Crippen molar-refractivity contribution < 1.29 is 4.79 Å². The molecule has 1 aromatic rings. The lowest BCUT2D eigenvalue weighted by Gasteiger charge is -2.15. The summed E-state index contributed by atoms with van der Waals surface area (Å²) in [6.07, 6.45) is 0. The first-order valence-corrected chi connectivity index (χ1v) is 6.03. The number of carbonyl (C=O) groups is 1. The lowest BCUT2D eigenvalue weighted by molar-refractivity contribution is -0.120. The van der Waals surface area contributed by atoms with Crippen molar-refractivity contribution in [2.75, 3.05) is 18.4 Å². The number of aryl methyl sites for hydroxylation is 2. The maximum atomic E-state index is 12.1. The molecule has 0 saturated carbocycles. The van der Waals surface area contributed by atoms with E-state index < -0.39 is 0 Å². The van der Waals surface area contributed by atoms with E-state index in [2.05, 4.69) is 22.5 Å². The fraction of sp³-hybridized carbons (Fsp3) is 0.538. The second-order valence-corrected chi connectivity index (χ2v) is 4.82. The SMILES string of the molecule is Cc1ccc(NC(=O)C2CNCC2C)c(C)n1. The van der Waals surface area contributed by atoms with E-state index in [9.17, 15) is 4.79 Å². The molecular weight excluding hydrogens is 214 g/mol. The number of pyridine rings is 1. The van der Waals surface area contributed by atoms with Crippen LogP contribution in [0, 0.1) is 25.7 Å². The highest BCUT2D eigenvalue weighted by Gasteiger charge is 2.29. The van der Waals surface area contributed by atoms with Crippen LogP contribution in [0.25, 0.3) is 0 Å². The predicted molar refractivity (Wildman–Crippen MR) is 67.9 cm³/mol. The molecule has 2 N–H and O–H groups in total. The lowest BCUT2D eigenvalue weighted by Crippen LogP contribution is -2.28. The van der Waals surface area contributed by atoms with Gasteiger partial charge in [-0.15, -0.1) is 0 Å². The Morgan fingerprint density at radius 1 is 1.41 bits per heavy atom. The fourth-order valence-corrected chi connectivity index (χ4v) is 2.21. The Balaban J connectivity index is 2.07. The van der Waals surface area contributed by atoms with Gasteiger partial charge in [-0.05, 0) is 38.4 Å². The summed E-state index contributed by atoms with van der Waals surface area (Å²) < 4.78 is 0. The number of nitrogens with zero attached hydrogens (tertiary/aromatic N) is 1. The third-order valence-corrected chi connectivity index (χ3v) is 3.34. The minimum Gasteiger partial charge on any atom is -0.324 e. The van der Waals surface area contributed by atoms with Crippen LogP contribution in [0.5, 0.6) is 0 Å². The molecular formula is C13H19N3O. The van der Waals surface area contributed by atoms with E-state index >= 15 is 0 Å². The van der Waals surface area contributed by atoms with Gasteiger partial charge in [-0.25, -0.2) is 0 Å². The first-order valence-electron chi connectivity index (χ1n) is 6.03. The van der Waals surface area contributed by atoms with Crippen molar-refractivity contribution >= 4 is 11.6 Å². The van der Waals surface area contributed by atoms with Crippen molar-refractivity contribution in [3.05, 3.63) is 23.5 Å². The predicted octanol–water partition coefficient (Wildman–Crippen LogP) is 1.49. The quantitative estimate of drug-likeness (QED) is 0.813. The number of aromatic nitrogens is 1. The van der Waals surface area contributed by atoms with E-state index in [1.54, 1.807) is 0 Å². The van der Waals surface area contributed by atoms with Gasteiger partial charge in [0.05, 0.1) is 17.3 Å². The number of hydrogen-bond acceptors (Lipinski definition) is 3. The van der Waals surface area contributed by atoms with Crippen molar-refractivity contribution in [3.8, 4) is 0 Å². The first-order chi connectivity index (χ1) is 8.08. The van der Waals surface area contributed by atoms with Crippen molar-refractivity contribution in [2.45, 2.75) is 20.8 Å². The Morgan fingerprint density at radius 2 is 2.18 bits per heavy atom.